The van der Waals surface area contributed by atoms with E-state index in [-0.39, 0.29) is 6.42 Å². The smallest absolute Gasteiger partial charge is 0.325 e. The van der Waals surface area contributed by atoms with Crippen molar-refractivity contribution in [2.24, 2.45) is 5.73 Å². The molecule has 6 nitrogen and oxygen atoms in total. The molecule has 3 N–H and O–H groups in total. The number of halogens is 1. The lowest BCUT2D eigenvalue weighted by Crippen LogP contribution is -2.44. The molecule has 1 heterocycles. The van der Waals surface area contributed by atoms with Crippen molar-refractivity contribution >= 4 is 17.8 Å². The van der Waals surface area contributed by atoms with E-state index in [1.54, 1.807) is 6.92 Å². The number of nitrogens with zero attached hydrogens (tertiary/aromatic N) is 1. The van der Waals surface area contributed by atoms with Gasteiger partial charge in [-0.3, -0.25) is 14.5 Å². The Labute approximate surface area is 114 Å². The highest BCUT2D eigenvalue weighted by Crippen LogP contribution is 2.32. The molecule has 1 aliphatic rings. The number of benzene rings is 1. The van der Waals surface area contributed by atoms with E-state index in [4.69, 9.17) is 5.73 Å². The zero-order valence-electron chi connectivity index (χ0n) is 10.9. The Bertz CT molecular complexity index is 573. The van der Waals surface area contributed by atoms with Crippen LogP contribution in [-0.4, -0.2) is 29.3 Å². The Morgan fingerprint density at radius 3 is 2.45 bits per heavy atom. The topological polar surface area (TPSA) is 92.5 Å². The van der Waals surface area contributed by atoms with Crippen molar-refractivity contribution in [1.29, 1.82) is 0 Å². The molecule has 0 bridgehead atoms. The molecule has 0 aliphatic carbocycles. The minimum absolute atomic E-state index is 0.276. The van der Waals surface area contributed by atoms with Crippen molar-refractivity contribution in [1.82, 2.24) is 10.2 Å². The van der Waals surface area contributed by atoms with E-state index in [1.165, 1.54) is 24.3 Å². The van der Waals surface area contributed by atoms with Gasteiger partial charge in [0.1, 0.15) is 17.9 Å². The molecular weight excluding hydrogens is 265 g/mol. The SMILES string of the molecule is CC[C@@]1(c2ccc(F)cc2)NC(=O)N(CC(N)=O)C1=O. The predicted octanol–water partition coefficient (Wildman–Crippen LogP) is 0.468. The number of rotatable bonds is 4. The third kappa shape index (κ3) is 2.11. The lowest BCUT2D eigenvalue weighted by atomic mass is 9.87. The second-order valence-electron chi connectivity index (χ2n) is 4.55. The van der Waals surface area contributed by atoms with Crippen LogP contribution in [0.5, 0.6) is 0 Å². The first kappa shape index (κ1) is 14.0. The van der Waals surface area contributed by atoms with E-state index in [2.05, 4.69) is 5.32 Å². The quantitative estimate of drug-likeness (QED) is 0.784. The second-order valence-corrected chi connectivity index (χ2v) is 4.55. The molecular formula is C13H14FN3O3. The number of carbonyl (C=O) groups is 3. The van der Waals surface area contributed by atoms with Gasteiger partial charge in [0, 0.05) is 0 Å². The number of hydrogen-bond acceptors (Lipinski definition) is 3. The van der Waals surface area contributed by atoms with Crippen LogP contribution in [0.15, 0.2) is 24.3 Å². The summed E-state index contributed by atoms with van der Waals surface area (Å²) in [6.07, 6.45) is 0.276. The molecule has 7 heteroatoms. The maximum atomic E-state index is 13.0. The van der Waals surface area contributed by atoms with Crippen molar-refractivity contribution in [3.05, 3.63) is 35.6 Å². The first-order chi connectivity index (χ1) is 9.40. The Kier molecular flexibility index (Phi) is 3.44. The second kappa shape index (κ2) is 4.92. The van der Waals surface area contributed by atoms with Crippen molar-refractivity contribution < 1.29 is 18.8 Å². The van der Waals surface area contributed by atoms with Crippen molar-refractivity contribution in [3.63, 3.8) is 0 Å². The molecule has 2 rings (SSSR count). The van der Waals surface area contributed by atoms with Crippen LogP contribution in [0, 0.1) is 5.82 Å². The van der Waals surface area contributed by atoms with Gasteiger partial charge in [0.25, 0.3) is 5.91 Å². The fourth-order valence-electron chi connectivity index (χ4n) is 2.30. The lowest BCUT2D eigenvalue weighted by molar-refractivity contribution is -0.134. The average molecular weight is 279 g/mol. The molecule has 0 saturated carbocycles. The highest BCUT2D eigenvalue weighted by Gasteiger charge is 2.51. The van der Waals surface area contributed by atoms with E-state index >= 15 is 0 Å². The number of imide groups is 1. The summed E-state index contributed by atoms with van der Waals surface area (Å²) in [4.78, 5) is 36.0. The van der Waals surface area contributed by atoms with Crippen molar-refractivity contribution in [2.75, 3.05) is 6.54 Å². The Balaban J connectivity index is 2.42. The van der Waals surface area contributed by atoms with Gasteiger partial charge in [-0.15, -0.1) is 0 Å². The molecule has 4 amide bonds. The molecule has 1 atom stereocenters. The molecule has 1 aromatic carbocycles. The monoisotopic (exact) mass is 279 g/mol. The van der Waals surface area contributed by atoms with E-state index in [0.29, 0.717) is 5.56 Å². The number of primary amides is 1. The van der Waals surface area contributed by atoms with Gasteiger partial charge in [-0.25, -0.2) is 9.18 Å². The van der Waals surface area contributed by atoms with Crippen LogP contribution in [0.2, 0.25) is 0 Å². The van der Waals surface area contributed by atoms with Crippen LogP contribution in [-0.2, 0) is 15.1 Å². The van der Waals surface area contributed by atoms with Crippen LogP contribution in [0.25, 0.3) is 0 Å². The van der Waals surface area contributed by atoms with E-state index in [0.717, 1.165) is 4.90 Å². The zero-order chi connectivity index (χ0) is 14.9. The van der Waals surface area contributed by atoms with Crippen LogP contribution in [0.4, 0.5) is 9.18 Å². The van der Waals surface area contributed by atoms with E-state index in [1.807, 2.05) is 0 Å². The van der Waals surface area contributed by atoms with Crippen LogP contribution >= 0.6 is 0 Å². The number of nitrogens with one attached hydrogen (secondary N) is 1. The maximum Gasteiger partial charge on any atom is 0.325 e. The summed E-state index contributed by atoms with van der Waals surface area (Å²) in [6, 6.07) is 4.61. The highest BCUT2D eigenvalue weighted by atomic mass is 19.1. The van der Waals surface area contributed by atoms with Gasteiger partial charge >= 0.3 is 6.03 Å². The number of hydrogen-bond donors (Lipinski definition) is 2. The lowest BCUT2D eigenvalue weighted by Gasteiger charge is -2.25. The average Bonchev–Trinajstić information content (AvgIpc) is 2.64. The molecule has 1 saturated heterocycles. The summed E-state index contributed by atoms with van der Waals surface area (Å²) in [5, 5.41) is 2.57. The summed E-state index contributed by atoms with van der Waals surface area (Å²) >= 11 is 0. The molecule has 1 aliphatic heterocycles. The first-order valence-corrected chi connectivity index (χ1v) is 6.09. The third-order valence-corrected chi connectivity index (χ3v) is 3.36. The fraction of sp³-hybridized carbons (Fsp3) is 0.308. The molecule has 20 heavy (non-hydrogen) atoms. The summed E-state index contributed by atoms with van der Waals surface area (Å²) in [5.74, 6) is -1.78. The van der Waals surface area contributed by atoms with Crippen LogP contribution in [0.1, 0.15) is 18.9 Å². The van der Waals surface area contributed by atoms with Gasteiger partial charge in [-0.1, -0.05) is 19.1 Å². The largest absolute Gasteiger partial charge is 0.368 e. The zero-order valence-corrected chi connectivity index (χ0v) is 10.9. The molecule has 0 unspecified atom stereocenters. The highest BCUT2D eigenvalue weighted by molar-refractivity contribution is 6.09. The number of urea groups is 1. The minimum Gasteiger partial charge on any atom is -0.368 e. The van der Waals surface area contributed by atoms with Gasteiger partial charge in [-0.2, -0.15) is 0 Å². The number of carbonyl (C=O) groups excluding carboxylic acids is 3. The Morgan fingerprint density at radius 2 is 1.95 bits per heavy atom. The summed E-state index contributed by atoms with van der Waals surface area (Å²) < 4.78 is 13.0. The number of amides is 4. The van der Waals surface area contributed by atoms with Gasteiger partial charge in [0.15, 0.2) is 0 Å². The van der Waals surface area contributed by atoms with Crippen molar-refractivity contribution in [3.8, 4) is 0 Å². The van der Waals surface area contributed by atoms with Gasteiger partial charge in [-0.05, 0) is 24.1 Å². The number of nitrogens with two attached hydrogens (primary N) is 1. The van der Waals surface area contributed by atoms with Crippen LogP contribution in [0.3, 0.4) is 0 Å². The van der Waals surface area contributed by atoms with E-state index in [9.17, 15) is 18.8 Å². The maximum absolute atomic E-state index is 13.0. The standard InChI is InChI=1S/C13H14FN3O3/c1-2-13(8-3-5-9(14)6-4-8)11(19)17(7-10(15)18)12(20)16-13/h3-6H,2,7H2,1H3,(H2,15,18)(H,16,20)/t13-/m0/s1. The molecule has 1 aromatic rings. The predicted molar refractivity (Wildman–Crippen MR) is 67.8 cm³/mol. The molecule has 1 fully saturated rings. The van der Waals surface area contributed by atoms with Gasteiger partial charge in [0.2, 0.25) is 5.91 Å². The molecule has 0 radical (unpaired) electrons. The summed E-state index contributed by atoms with van der Waals surface area (Å²) in [7, 11) is 0. The van der Waals surface area contributed by atoms with E-state index < -0.39 is 35.7 Å². The molecule has 0 aromatic heterocycles. The fourth-order valence-corrected chi connectivity index (χ4v) is 2.30. The molecule has 106 valence electrons. The minimum atomic E-state index is -1.28. The third-order valence-electron chi connectivity index (χ3n) is 3.36. The normalized spacial score (nSPS) is 22.0. The van der Waals surface area contributed by atoms with Gasteiger partial charge < -0.3 is 11.1 Å². The summed E-state index contributed by atoms with van der Waals surface area (Å²) in [6.45, 7) is 1.24. The van der Waals surface area contributed by atoms with Crippen molar-refractivity contribution in [2.45, 2.75) is 18.9 Å². The Morgan fingerprint density at radius 1 is 1.35 bits per heavy atom. The van der Waals surface area contributed by atoms with Crippen LogP contribution < -0.4 is 11.1 Å². The first-order valence-electron chi connectivity index (χ1n) is 6.09. The Hall–Kier alpha value is -2.44. The van der Waals surface area contributed by atoms with Gasteiger partial charge in [0.05, 0.1) is 0 Å². The summed E-state index contributed by atoms with van der Waals surface area (Å²) in [5.41, 5.74) is 4.21. The molecule has 0 spiro atoms.